The fourth-order valence-corrected chi connectivity index (χ4v) is 1.95. The monoisotopic (exact) mass is 216 g/mol. The maximum absolute atomic E-state index is 11.2. The van der Waals surface area contributed by atoms with Gasteiger partial charge >= 0.3 is 5.97 Å². The molecule has 0 unspecified atom stereocenters. The molecule has 3 nitrogen and oxygen atoms in total. The molecule has 0 atom stereocenters. The lowest BCUT2D eigenvalue weighted by Gasteiger charge is -2.21. The van der Waals surface area contributed by atoms with E-state index in [9.17, 15) is 9.59 Å². The van der Waals surface area contributed by atoms with Gasteiger partial charge in [0.05, 0.1) is 5.75 Å². The molecule has 4 heteroatoms. The van der Waals surface area contributed by atoms with Crippen LogP contribution in [-0.4, -0.2) is 22.9 Å². The van der Waals surface area contributed by atoms with Gasteiger partial charge in [0.15, 0.2) is 5.12 Å². The lowest BCUT2D eigenvalue weighted by Crippen LogP contribution is -2.22. The summed E-state index contributed by atoms with van der Waals surface area (Å²) in [5, 5.41) is -0.0365. The minimum absolute atomic E-state index is 0.0365. The van der Waals surface area contributed by atoms with Gasteiger partial charge in [-0.1, -0.05) is 18.2 Å². The summed E-state index contributed by atoms with van der Waals surface area (Å²) in [6, 6.07) is 0. The molecule has 0 aliphatic heterocycles. The average molecular weight is 216 g/mol. The number of hydrogen-bond acceptors (Lipinski definition) is 4. The molecule has 0 radical (unpaired) electrons. The van der Waals surface area contributed by atoms with Gasteiger partial charge in [-0.2, -0.15) is 0 Å². The summed E-state index contributed by atoms with van der Waals surface area (Å²) in [5.74, 6) is -0.0941. The van der Waals surface area contributed by atoms with Crippen LogP contribution < -0.4 is 0 Å². The second-order valence-electron chi connectivity index (χ2n) is 3.53. The lowest BCUT2D eigenvalue weighted by molar-refractivity contribution is -0.147. The molecule has 0 spiro atoms. The maximum atomic E-state index is 11.2. The van der Waals surface area contributed by atoms with E-state index in [0.717, 1.165) is 37.4 Å². The second kappa shape index (κ2) is 6.06. The first-order chi connectivity index (χ1) is 6.68. The molecule has 0 amide bonds. The molecule has 1 aliphatic carbocycles. The Morgan fingerprint density at radius 3 is 2.50 bits per heavy atom. The summed E-state index contributed by atoms with van der Waals surface area (Å²) >= 11 is 1.01. The molecule has 0 heterocycles. The van der Waals surface area contributed by atoms with Crippen LogP contribution in [0.3, 0.4) is 0 Å². The van der Waals surface area contributed by atoms with Gasteiger partial charge in [0.2, 0.25) is 0 Å². The summed E-state index contributed by atoms with van der Waals surface area (Å²) in [6.45, 7) is 1.46. The van der Waals surface area contributed by atoms with E-state index in [4.69, 9.17) is 4.74 Å². The summed E-state index contributed by atoms with van der Waals surface area (Å²) in [4.78, 5) is 21.8. The highest BCUT2D eigenvalue weighted by atomic mass is 32.2. The number of carbonyl (C=O) groups is 2. The third-order valence-corrected chi connectivity index (χ3v) is 3.03. The smallest absolute Gasteiger partial charge is 0.316 e. The zero-order valence-corrected chi connectivity index (χ0v) is 9.27. The number of ether oxygens (including phenoxy) is 1. The highest BCUT2D eigenvalue weighted by molar-refractivity contribution is 8.14. The van der Waals surface area contributed by atoms with Crippen molar-refractivity contribution in [2.45, 2.75) is 45.1 Å². The van der Waals surface area contributed by atoms with Crippen LogP contribution in [-0.2, 0) is 14.3 Å². The molecule has 0 N–H and O–H groups in total. The topological polar surface area (TPSA) is 43.4 Å². The fraction of sp³-hybridized carbons (Fsp3) is 0.800. The van der Waals surface area contributed by atoms with Crippen molar-refractivity contribution >= 4 is 22.8 Å². The minimum Gasteiger partial charge on any atom is -0.462 e. The van der Waals surface area contributed by atoms with E-state index in [2.05, 4.69) is 0 Å². The van der Waals surface area contributed by atoms with Crippen molar-refractivity contribution < 1.29 is 14.3 Å². The Hall–Kier alpha value is -0.510. The SMILES string of the molecule is CC(=O)SCC(=O)OC1CCCCC1. The molecule has 0 aromatic heterocycles. The van der Waals surface area contributed by atoms with Gasteiger partial charge in [-0.25, -0.2) is 0 Å². The zero-order chi connectivity index (χ0) is 10.4. The van der Waals surface area contributed by atoms with Crippen molar-refractivity contribution in [1.29, 1.82) is 0 Å². The van der Waals surface area contributed by atoms with Gasteiger partial charge in [0, 0.05) is 6.92 Å². The zero-order valence-electron chi connectivity index (χ0n) is 8.45. The molecule has 1 saturated carbocycles. The van der Waals surface area contributed by atoms with Gasteiger partial charge in [-0.3, -0.25) is 9.59 Å². The van der Waals surface area contributed by atoms with Crippen LogP contribution in [0.1, 0.15) is 39.0 Å². The van der Waals surface area contributed by atoms with E-state index in [1.807, 2.05) is 0 Å². The summed E-state index contributed by atoms with van der Waals surface area (Å²) in [7, 11) is 0. The normalized spacial score (nSPS) is 17.8. The molecule has 1 rings (SSSR count). The van der Waals surface area contributed by atoms with Crippen molar-refractivity contribution in [1.82, 2.24) is 0 Å². The summed E-state index contributed by atoms with van der Waals surface area (Å²) in [6.07, 6.45) is 5.61. The first-order valence-electron chi connectivity index (χ1n) is 5.01. The molecule has 0 saturated heterocycles. The molecular formula is C10H16O3S. The Labute approximate surface area is 88.6 Å². The average Bonchev–Trinajstić information content (AvgIpc) is 2.16. The largest absolute Gasteiger partial charge is 0.462 e. The predicted octanol–water partition coefficient (Wildman–Crippen LogP) is 2.14. The van der Waals surface area contributed by atoms with E-state index >= 15 is 0 Å². The quantitative estimate of drug-likeness (QED) is 0.678. The third kappa shape index (κ3) is 4.65. The first kappa shape index (κ1) is 11.6. The van der Waals surface area contributed by atoms with Crippen LogP contribution in [0, 0.1) is 0 Å². The number of hydrogen-bond donors (Lipinski definition) is 0. The van der Waals surface area contributed by atoms with Crippen LogP contribution in [0.25, 0.3) is 0 Å². The van der Waals surface area contributed by atoms with E-state index in [1.165, 1.54) is 13.3 Å². The van der Waals surface area contributed by atoms with Gasteiger partial charge in [0.25, 0.3) is 0 Å². The van der Waals surface area contributed by atoms with Crippen molar-refractivity contribution in [3.63, 3.8) is 0 Å². The maximum Gasteiger partial charge on any atom is 0.316 e. The van der Waals surface area contributed by atoms with Crippen molar-refractivity contribution in [3.05, 3.63) is 0 Å². The predicted molar refractivity (Wildman–Crippen MR) is 56.1 cm³/mol. The Balaban J connectivity index is 2.15. The molecule has 14 heavy (non-hydrogen) atoms. The Kier molecular flexibility index (Phi) is 5.01. The van der Waals surface area contributed by atoms with Crippen LogP contribution in [0.15, 0.2) is 0 Å². The first-order valence-corrected chi connectivity index (χ1v) is 6.00. The van der Waals surface area contributed by atoms with Crippen LogP contribution in [0.2, 0.25) is 0 Å². The van der Waals surface area contributed by atoms with Gasteiger partial charge in [-0.05, 0) is 25.7 Å². The Bertz CT molecular complexity index is 209. The highest BCUT2D eigenvalue weighted by Crippen LogP contribution is 2.20. The standard InChI is InChI=1S/C10H16O3S/c1-8(11)14-7-10(12)13-9-5-3-2-4-6-9/h9H,2-7H2,1H3. The van der Waals surface area contributed by atoms with Crippen LogP contribution >= 0.6 is 11.8 Å². The van der Waals surface area contributed by atoms with Crippen molar-refractivity contribution in [2.24, 2.45) is 0 Å². The molecule has 1 fully saturated rings. The number of rotatable bonds is 3. The summed E-state index contributed by atoms with van der Waals surface area (Å²) < 4.78 is 5.23. The second-order valence-corrected chi connectivity index (χ2v) is 4.68. The third-order valence-electron chi connectivity index (χ3n) is 2.24. The summed E-state index contributed by atoms with van der Waals surface area (Å²) in [5.41, 5.74) is 0. The van der Waals surface area contributed by atoms with Gasteiger partial charge in [0.1, 0.15) is 6.10 Å². The molecule has 1 aliphatic rings. The van der Waals surface area contributed by atoms with Crippen molar-refractivity contribution in [2.75, 3.05) is 5.75 Å². The fourth-order valence-electron chi connectivity index (χ4n) is 1.56. The highest BCUT2D eigenvalue weighted by Gasteiger charge is 2.17. The Morgan fingerprint density at radius 2 is 1.93 bits per heavy atom. The molecule has 80 valence electrons. The van der Waals surface area contributed by atoms with E-state index in [0.29, 0.717) is 0 Å². The lowest BCUT2D eigenvalue weighted by atomic mass is 9.98. The molecule has 0 aromatic carbocycles. The van der Waals surface area contributed by atoms with Crippen LogP contribution in [0.5, 0.6) is 0 Å². The molecule has 0 aromatic rings. The van der Waals surface area contributed by atoms with E-state index in [1.54, 1.807) is 0 Å². The van der Waals surface area contributed by atoms with Crippen LogP contribution in [0.4, 0.5) is 0 Å². The van der Waals surface area contributed by atoms with E-state index < -0.39 is 0 Å². The molecule has 0 bridgehead atoms. The van der Waals surface area contributed by atoms with E-state index in [-0.39, 0.29) is 22.9 Å². The number of esters is 1. The number of thioether (sulfide) groups is 1. The minimum atomic E-state index is -0.253. The Morgan fingerprint density at radius 1 is 1.29 bits per heavy atom. The van der Waals surface area contributed by atoms with Gasteiger partial charge in [-0.15, -0.1) is 0 Å². The van der Waals surface area contributed by atoms with Crippen molar-refractivity contribution in [3.8, 4) is 0 Å². The van der Waals surface area contributed by atoms with Gasteiger partial charge < -0.3 is 4.74 Å². The number of carbonyl (C=O) groups excluding carboxylic acids is 2. The molecular weight excluding hydrogens is 200 g/mol.